The molecule has 1 aliphatic carbocycles. The van der Waals surface area contributed by atoms with Gasteiger partial charge in [0.05, 0.1) is 23.1 Å². The number of carbonyl (C=O) groups is 4. The minimum Gasteiger partial charge on any atom is -0.339 e. The van der Waals surface area contributed by atoms with Gasteiger partial charge in [0.1, 0.15) is 6.54 Å². The molecule has 0 radical (unpaired) electrons. The van der Waals surface area contributed by atoms with E-state index in [1.54, 1.807) is 17.0 Å². The maximum absolute atomic E-state index is 12.8. The van der Waals surface area contributed by atoms with E-state index in [2.05, 4.69) is 5.32 Å². The highest BCUT2D eigenvalue weighted by Crippen LogP contribution is 2.38. The lowest BCUT2D eigenvalue weighted by molar-refractivity contribution is -0.142. The highest BCUT2D eigenvalue weighted by molar-refractivity contribution is 6.31. The van der Waals surface area contributed by atoms with E-state index in [9.17, 15) is 19.2 Å². The van der Waals surface area contributed by atoms with Crippen molar-refractivity contribution in [3.63, 3.8) is 0 Å². The molecule has 0 spiro atoms. The number of nitrogens with one attached hydrogen (secondary N) is 1. The van der Waals surface area contributed by atoms with Crippen molar-refractivity contribution in [2.24, 2.45) is 11.8 Å². The molecule has 29 heavy (non-hydrogen) atoms. The van der Waals surface area contributed by atoms with Crippen molar-refractivity contribution in [2.75, 3.05) is 25.0 Å². The fourth-order valence-corrected chi connectivity index (χ4v) is 4.79. The summed E-state index contributed by atoms with van der Waals surface area (Å²) in [7, 11) is 0. The van der Waals surface area contributed by atoms with Crippen LogP contribution in [0, 0.1) is 11.8 Å². The van der Waals surface area contributed by atoms with Gasteiger partial charge in [0, 0.05) is 18.1 Å². The molecule has 1 N–H and O–H groups in total. The molecule has 0 aromatic heterocycles. The van der Waals surface area contributed by atoms with Crippen LogP contribution >= 0.6 is 11.6 Å². The number of imide groups is 1. The first-order chi connectivity index (χ1) is 14.0. The minimum absolute atomic E-state index is 0.159. The van der Waals surface area contributed by atoms with Crippen molar-refractivity contribution in [2.45, 2.75) is 38.5 Å². The number of hydrogen-bond acceptors (Lipinski definition) is 4. The summed E-state index contributed by atoms with van der Waals surface area (Å²) < 4.78 is 0. The summed E-state index contributed by atoms with van der Waals surface area (Å²) in [6.45, 7) is 1.04. The van der Waals surface area contributed by atoms with Crippen molar-refractivity contribution < 1.29 is 19.2 Å². The number of anilines is 1. The number of amides is 4. The molecule has 2 heterocycles. The lowest BCUT2D eigenvalue weighted by atomic mass is 9.81. The van der Waals surface area contributed by atoms with Crippen LogP contribution in [0.25, 0.3) is 0 Å². The molecule has 2 saturated heterocycles. The third kappa shape index (κ3) is 3.88. The number of fused-ring (bicyclic) bond motifs is 1. The molecule has 4 rings (SSSR count). The van der Waals surface area contributed by atoms with E-state index in [4.69, 9.17) is 11.6 Å². The molecule has 154 valence electrons. The molecule has 1 saturated carbocycles. The predicted octanol–water partition coefficient (Wildman–Crippen LogP) is 2.69. The monoisotopic (exact) mass is 417 g/mol. The number of carbonyl (C=O) groups excluding carboxylic acids is 4. The van der Waals surface area contributed by atoms with Crippen LogP contribution in [-0.2, 0) is 14.4 Å². The first-order valence-electron chi connectivity index (χ1n) is 10.2. The molecule has 1 aromatic rings. The molecular formula is C21H24ClN3O4. The molecule has 1 aromatic carbocycles. The topological polar surface area (TPSA) is 86.8 Å². The Labute approximate surface area is 174 Å². The molecule has 7 nitrogen and oxygen atoms in total. The molecular weight excluding hydrogens is 394 g/mol. The van der Waals surface area contributed by atoms with E-state index < -0.39 is 5.91 Å². The van der Waals surface area contributed by atoms with Crippen molar-refractivity contribution in [1.29, 1.82) is 0 Å². The van der Waals surface area contributed by atoms with E-state index in [0.29, 0.717) is 42.2 Å². The Morgan fingerprint density at radius 3 is 2.24 bits per heavy atom. The number of rotatable bonds is 4. The number of hydrogen-bond donors (Lipinski definition) is 1. The summed E-state index contributed by atoms with van der Waals surface area (Å²) in [6.07, 6.45) is 5.20. The van der Waals surface area contributed by atoms with E-state index in [1.807, 2.05) is 0 Å². The zero-order valence-corrected chi connectivity index (χ0v) is 16.9. The van der Waals surface area contributed by atoms with Crippen LogP contribution in [-0.4, -0.2) is 53.1 Å². The maximum Gasteiger partial charge on any atom is 0.255 e. The zero-order valence-electron chi connectivity index (χ0n) is 16.2. The Morgan fingerprint density at radius 2 is 1.62 bits per heavy atom. The quantitative estimate of drug-likeness (QED) is 0.763. The predicted molar refractivity (Wildman–Crippen MR) is 107 cm³/mol. The average molecular weight is 418 g/mol. The van der Waals surface area contributed by atoms with E-state index >= 15 is 0 Å². The number of benzene rings is 1. The summed E-state index contributed by atoms with van der Waals surface area (Å²) >= 11 is 6.07. The van der Waals surface area contributed by atoms with Gasteiger partial charge in [0.25, 0.3) is 5.91 Å². The van der Waals surface area contributed by atoms with Gasteiger partial charge in [-0.2, -0.15) is 0 Å². The molecule has 2 unspecified atom stereocenters. The van der Waals surface area contributed by atoms with Crippen molar-refractivity contribution in [3.8, 4) is 0 Å². The Morgan fingerprint density at radius 1 is 1.00 bits per heavy atom. The van der Waals surface area contributed by atoms with Gasteiger partial charge < -0.3 is 10.2 Å². The van der Waals surface area contributed by atoms with Crippen molar-refractivity contribution in [1.82, 2.24) is 9.80 Å². The second kappa shape index (κ2) is 8.14. The largest absolute Gasteiger partial charge is 0.339 e. The zero-order chi connectivity index (χ0) is 20.5. The van der Waals surface area contributed by atoms with Crippen molar-refractivity contribution >= 4 is 40.9 Å². The van der Waals surface area contributed by atoms with Gasteiger partial charge in [-0.3, -0.25) is 24.1 Å². The molecule has 0 bridgehead atoms. The smallest absolute Gasteiger partial charge is 0.255 e. The van der Waals surface area contributed by atoms with Gasteiger partial charge in [-0.15, -0.1) is 0 Å². The molecule has 8 heteroatoms. The molecule has 3 aliphatic rings. The Hall–Kier alpha value is -2.41. The third-order valence-corrected chi connectivity index (χ3v) is 6.35. The second-order valence-corrected chi connectivity index (χ2v) is 8.43. The highest BCUT2D eigenvalue weighted by Gasteiger charge is 2.48. The first-order valence-corrected chi connectivity index (χ1v) is 10.6. The summed E-state index contributed by atoms with van der Waals surface area (Å²) in [5.74, 6) is -1.76. The van der Waals surface area contributed by atoms with Crippen LogP contribution in [0.15, 0.2) is 18.2 Å². The van der Waals surface area contributed by atoms with Crippen LogP contribution in [0.4, 0.5) is 5.69 Å². The SMILES string of the molecule is O=C(CN1C(=O)C2CCCCC2C1=O)Nc1cc(Cl)ccc1C(=O)N1CCCC1. The van der Waals surface area contributed by atoms with Gasteiger partial charge in [-0.05, 0) is 43.9 Å². The van der Waals surface area contributed by atoms with Gasteiger partial charge in [0.2, 0.25) is 17.7 Å². The third-order valence-electron chi connectivity index (χ3n) is 6.11. The van der Waals surface area contributed by atoms with E-state index in [0.717, 1.165) is 30.6 Å². The van der Waals surface area contributed by atoms with Crippen LogP contribution in [0.2, 0.25) is 5.02 Å². The molecule has 2 aliphatic heterocycles. The van der Waals surface area contributed by atoms with Gasteiger partial charge in [-0.25, -0.2) is 0 Å². The summed E-state index contributed by atoms with van der Waals surface area (Å²) in [5, 5.41) is 3.07. The van der Waals surface area contributed by atoms with Crippen LogP contribution in [0.3, 0.4) is 0 Å². The lowest BCUT2D eigenvalue weighted by Gasteiger charge is -2.19. The molecule has 3 fully saturated rings. The molecule has 2 atom stereocenters. The van der Waals surface area contributed by atoms with E-state index in [-0.39, 0.29) is 36.1 Å². The van der Waals surface area contributed by atoms with Gasteiger partial charge >= 0.3 is 0 Å². The van der Waals surface area contributed by atoms with Crippen LogP contribution < -0.4 is 5.32 Å². The Kier molecular flexibility index (Phi) is 5.58. The number of halogens is 1. The summed E-state index contributed by atoms with van der Waals surface area (Å²) in [6, 6.07) is 4.73. The normalized spacial score (nSPS) is 24.0. The highest BCUT2D eigenvalue weighted by atomic mass is 35.5. The van der Waals surface area contributed by atoms with Gasteiger partial charge in [-0.1, -0.05) is 24.4 Å². The van der Waals surface area contributed by atoms with Crippen LogP contribution in [0.1, 0.15) is 48.9 Å². The fraction of sp³-hybridized carbons (Fsp3) is 0.524. The number of nitrogens with zero attached hydrogens (tertiary/aromatic N) is 2. The summed E-state index contributed by atoms with van der Waals surface area (Å²) in [5.41, 5.74) is 0.660. The average Bonchev–Trinajstić information content (AvgIpc) is 3.32. The number of likely N-dealkylation sites (tertiary alicyclic amines) is 2. The minimum atomic E-state index is -0.511. The van der Waals surface area contributed by atoms with Crippen LogP contribution in [0.5, 0.6) is 0 Å². The fourth-order valence-electron chi connectivity index (χ4n) is 4.62. The molecule has 4 amide bonds. The summed E-state index contributed by atoms with van der Waals surface area (Å²) in [4.78, 5) is 53.4. The first kappa shape index (κ1) is 19.9. The van der Waals surface area contributed by atoms with E-state index in [1.165, 1.54) is 6.07 Å². The maximum atomic E-state index is 12.8. The second-order valence-electron chi connectivity index (χ2n) is 8.00. The van der Waals surface area contributed by atoms with Crippen molar-refractivity contribution in [3.05, 3.63) is 28.8 Å². The Balaban J connectivity index is 1.48. The standard InChI is InChI=1S/C21H24ClN3O4/c22-13-7-8-16(19(27)24-9-3-4-10-24)17(11-13)23-18(26)12-25-20(28)14-5-1-2-6-15(14)21(25)29/h7-8,11,14-15H,1-6,9-10,12H2,(H,23,26). The lowest BCUT2D eigenvalue weighted by Crippen LogP contribution is -2.38. The Bertz CT molecular complexity index is 841. The van der Waals surface area contributed by atoms with Gasteiger partial charge in [0.15, 0.2) is 0 Å².